The lowest BCUT2D eigenvalue weighted by Gasteiger charge is -1.92. The number of carboxylic acids is 1. The minimum atomic E-state index is -1.11. The molecule has 0 unspecified atom stereocenters. The van der Waals surface area contributed by atoms with Gasteiger partial charge in [0.25, 0.3) is 0 Å². The maximum atomic E-state index is 10.5. The molecule has 0 heterocycles. The van der Waals surface area contributed by atoms with E-state index in [-0.39, 0.29) is 26.2 Å². The van der Waals surface area contributed by atoms with Crippen molar-refractivity contribution in [2.45, 2.75) is 26.7 Å². The molecule has 4 nitrogen and oxygen atoms in total. The van der Waals surface area contributed by atoms with Crippen molar-refractivity contribution in [1.82, 2.24) is 0 Å². The molecular formula is C7H14O4. The maximum absolute atomic E-state index is 10.5. The number of aliphatic hydroxyl groups excluding tert-OH is 1. The van der Waals surface area contributed by atoms with Crippen molar-refractivity contribution in [3.05, 3.63) is 0 Å². The van der Waals surface area contributed by atoms with Crippen molar-refractivity contribution in [2.75, 3.05) is 6.61 Å². The van der Waals surface area contributed by atoms with Crippen LogP contribution in [-0.2, 0) is 9.59 Å². The second-order valence-electron chi connectivity index (χ2n) is 1.94. The van der Waals surface area contributed by atoms with E-state index in [1.807, 2.05) is 0 Å². The van der Waals surface area contributed by atoms with E-state index in [0.29, 0.717) is 6.42 Å². The number of aliphatic hydroxyl groups is 1. The summed E-state index contributed by atoms with van der Waals surface area (Å²) in [4.78, 5) is 20.4. The smallest absolute Gasteiger partial charge is 0.310 e. The lowest BCUT2D eigenvalue weighted by molar-refractivity contribution is -0.140. The summed E-state index contributed by atoms with van der Waals surface area (Å²) < 4.78 is 0. The molecule has 2 N–H and O–H groups in total. The zero-order valence-electron chi connectivity index (χ0n) is 5.54. The van der Waals surface area contributed by atoms with E-state index in [2.05, 4.69) is 0 Å². The van der Waals surface area contributed by atoms with E-state index in [0.717, 1.165) is 0 Å². The summed E-state index contributed by atoms with van der Waals surface area (Å²) in [7, 11) is 0. The second-order valence-corrected chi connectivity index (χ2v) is 1.94. The number of hydrogen-bond donors (Lipinski definition) is 2. The number of hydrogen-bond acceptors (Lipinski definition) is 3. The second kappa shape index (κ2) is 7.21. The number of Topliss-reactive ketones (excluding diaryl/α,β-unsaturated/α-hetero) is 1. The summed E-state index contributed by atoms with van der Waals surface area (Å²) in [5.74, 6) is -1.44. The third-order valence-electron chi connectivity index (χ3n) is 0.962. The molecular weight excluding hydrogens is 148 g/mol. The van der Waals surface area contributed by atoms with Crippen molar-refractivity contribution >= 4 is 11.8 Å². The van der Waals surface area contributed by atoms with E-state index < -0.39 is 12.4 Å². The van der Waals surface area contributed by atoms with Gasteiger partial charge in [0.2, 0.25) is 0 Å². The predicted octanol–water partition coefficient (Wildman–Crippen LogP) is 0.439. The van der Waals surface area contributed by atoms with Crippen LogP contribution in [0.4, 0.5) is 0 Å². The monoisotopic (exact) mass is 162 g/mol. The summed E-state index contributed by atoms with van der Waals surface area (Å²) in [6.45, 7) is -0.0641. The van der Waals surface area contributed by atoms with Crippen LogP contribution in [0.15, 0.2) is 0 Å². The summed E-state index contributed by atoms with van der Waals surface area (Å²) >= 11 is 0. The third kappa shape index (κ3) is 9.10. The molecule has 0 rings (SSSR count). The Balaban J connectivity index is 0. The molecule has 0 bridgehead atoms. The van der Waals surface area contributed by atoms with Crippen molar-refractivity contribution in [3.8, 4) is 0 Å². The summed E-state index contributed by atoms with van der Waals surface area (Å²) in [6, 6.07) is 0. The fourth-order valence-corrected chi connectivity index (χ4v) is 0.533. The summed E-state index contributed by atoms with van der Waals surface area (Å²) in [5, 5.41) is 16.3. The van der Waals surface area contributed by atoms with Crippen molar-refractivity contribution in [2.24, 2.45) is 0 Å². The lowest BCUT2D eigenvalue weighted by Crippen LogP contribution is -2.06. The molecule has 0 aromatic carbocycles. The Hall–Kier alpha value is -0.900. The highest BCUT2D eigenvalue weighted by Crippen LogP contribution is 1.93. The van der Waals surface area contributed by atoms with Gasteiger partial charge < -0.3 is 10.2 Å². The summed E-state index contributed by atoms with van der Waals surface area (Å²) in [5.41, 5.74) is 0. The van der Waals surface area contributed by atoms with Gasteiger partial charge in [-0.25, -0.2) is 0 Å². The zero-order valence-corrected chi connectivity index (χ0v) is 5.54. The molecule has 0 fully saturated rings. The average molecular weight is 162 g/mol. The van der Waals surface area contributed by atoms with E-state index in [1.165, 1.54) is 0 Å². The largest absolute Gasteiger partial charge is 0.481 e. The molecule has 0 aliphatic rings. The number of ketones is 1. The van der Waals surface area contributed by atoms with Crippen LogP contribution < -0.4 is 0 Å². The van der Waals surface area contributed by atoms with Gasteiger partial charge >= 0.3 is 5.97 Å². The maximum Gasteiger partial charge on any atom is 0.310 e. The molecule has 0 aliphatic carbocycles. The number of aliphatic carboxylic acids is 1. The molecule has 4 heteroatoms. The topological polar surface area (TPSA) is 74.6 Å². The van der Waals surface area contributed by atoms with Crippen LogP contribution in [-0.4, -0.2) is 28.6 Å². The highest BCUT2D eigenvalue weighted by molar-refractivity contribution is 5.94. The summed E-state index contributed by atoms with van der Waals surface area (Å²) in [6.07, 6.45) is 0.0783. The van der Waals surface area contributed by atoms with Crippen LogP contribution in [0.2, 0.25) is 0 Å². The zero-order chi connectivity index (χ0) is 7.98. The van der Waals surface area contributed by atoms with Gasteiger partial charge in [0.15, 0.2) is 0 Å². The lowest BCUT2D eigenvalue weighted by atomic mass is 10.2. The van der Waals surface area contributed by atoms with E-state index >= 15 is 0 Å². The SMILES string of the molecule is C.O=C(O)CC(=O)CCCO. The van der Waals surface area contributed by atoms with Crippen molar-refractivity contribution < 1.29 is 19.8 Å². The Morgan fingerprint density at radius 2 is 1.82 bits per heavy atom. The molecule has 66 valence electrons. The Labute approximate surface area is 65.8 Å². The van der Waals surface area contributed by atoms with Gasteiger partial charge in [-0.1, -0.05) is 7.43 Å². The highest BCUT2D eigenvalue weighted by atomic mass is 16.4. The first-order valence-electron chi connectivity index (χ1n) is 3.01. The minimum Gasteiger partial charge on any atom is -0.481 e. The Morgan fingerprint density at radius 1 is 1.27 bits per heavy atom. The van der Waals surface area contributed by atoms with Crippen molar-refractivity contribution in [1.29, 1.82) is 0 Å². The first-order valence-corrected chi connectivity index (χ1v) is 3.01. The average Bonchev–Trinajstić information content (AvgIpc) is 1.82. The molecule has 0 amide bonds. The normalized spacial score (nSPS) is 8.45. The van der Waals surface area contributed by atoms with Gasteiger partial charge in [0.1, 0.15) is 12.2 Å². The van der Waals surface area contributed by atoms with Crippen LogP contribution in [0.5, 0.6) is 0 Å². The highest BCUT2D eigenvalue weighted by Gasteiger charge is 2.05. The van der Waals surface area contributed by atoms with Crippen LogP contribution in [0.3, 0.4) is 0 Å². The van der Waals surface area contributed by atoms with Gasteiger partial charge in [-0.2, -0.15) is 0 Å². The standard InChI is InChI=1S/C6H10O4.CH4/c7-3-1-2-5(8)4-6(9)10;/h7H,1-4H2,(H,9,10);1H4. The van der Waals surface area contributed by atoms with E-state index in [1.54, 1.807) is 0 Å². The van der Waals surface area contributed by atoms with Gasteiger partial charge in [0.05, 0.1) is 0 Å². The number of carbonyl (C=O) groups is 2. The first-order chi connectivity index (χ1) is 4.66. The molecule has 0 spiro atoms. The molecule has 0 radical (unpaired) electrons. The predicted molar refractivity (Wildman–Crippen MR) is 40.3 cm³/mol. The Morgan fingerprint density at radius 3 is 2.18 bits per heavy atom. The van der Waals surface area contributed by atoms with E-state index in [4.69, 9.17) is 10.2 Å². The van der Waals surface area contributed by atoms with Crippen LogP contribution in [0.1, 0.15) is 26.7 Å². The van der Waals surface area contributed by atoms with Crippen molar-refractivity contribution in [3.63, 3.8) is 0 Å². The number of rotatable bonds is 5. The molecule has 0 aliphatic heterocycles. The van der Waals surface area contributed by atoms with Gasteiger partial charge in [-0.15, -0.1) is 0 Å². The molecule has 0 saturated heterocycles. The molecule has 0 aromatic heterocycles. The fourth-order valence-electron chi connectivity index (χ4n) is 0.533. The van der Waals surface area contributed by atoms with Gasteiger partial charge in [-0.05, 0) is 6.42 Å². The minimum absolute atomic E-state index is 0. The van der Waals surface area contributed by atoms with Gasteiger partial charge in [-0.3, -0.25) is 9.59 Å². The van der Waals surface area contributed by atoms with Gasteiger partial charge in [0, 0.05) is 13.0 Å². The van der Waals surface area contributed by atoms with Crippen LogP contribution in [0.25, 0.3) is 0 Å². The third-order valence-corrected chi connectivity index (χ3v) is 0.962. The van der Waals surface area contributed by atoms with E-state index in [9.17, 15) is 9.59 Å². The molecule has 0 aromatic rings. The Bertz CT molecular complexity index is 130. The molecule has 11 heavy (non-hydrogen) atoms. The Kier molecular flexibility index (Phi) is 8.36. The number of carbonyl (C=O) groups excluding carboxylic acids is 1. The molecule has 0 atom stereocenters. The first kappa shape index (κ1) is 12.7. The van der Waals surface area contributed by atoms with Crippen LogP contribution in [0, 0.1) is 0 Å². The fraction of sp³-hybridized carbons (Fsp3) is 0.714. The van der Waals surface area contributed by atoms with Crippen LogP contribution >= 0.6 is 0 Å². The molecule has 0 saturated carbocycles. The quantitative estimate of drug-likeness (QED) is 0.575. The number of carboxylic acid groups (broad SMARTS) is 1.